The van der Waals surface area contributed by atoms with Crippen molar-refractivity contribution in [3.63, 3.8) is 0 Å². The number of aryl methyl sites for hydroxylation is 2. The van der Waals surface area contributed by atoms with E-state index in [2.05, 4.69) is 19.2 Å². The van der Waals surface area contributed by atoms with Gasteiger partial charge in [-0.1, -0.05) is 26.7 Å². The van der Waals surface area contributed by atoms with Gasteiger partial charge in [-0.05, 0) is 68.7 Å². The van der Waals surface area contributed by atoms with Crippen molar-refractivity contribution in [2.45, 2.75) is 71.8 Å². The number of carbonyl (C=O) groups excluding carboxylic acids is 1. The molecule has 1 saturated carbocycles. The molecule has 1 aromatic carbocycles. The van der Waals surface area contributed by atoms with Crippen molar-refractivity contribution in [2.75, 3.05) is 19.0 Å². The maximum absolute atomic E-state index is 12.9. The first-order chi connectivity index (χ1) is 11.9. The van der Waals surface area contributed by atoms with Gasteiger partial charge in [-0.15, -0.1) is 0 Å². The van der Waals surface area contributed by atoms with Gasteiger partial charge >= 0.3 is 0 Å². The van der Waals surface area contributed by atoms with Crippen molar-refractivity contribution in [3.8, 4) is 5.75 Å². The third-order valence-electron chi connectivity index (χ3n) is 5.22. The Bertz CT molecular complexity index is 576. The van der Waals surface area contributed by atoms with E-state index in [9.17, 15) is 4.79 Å². The maximum atomic E-state index is 12.9. The fraction of sp³-hybridized carbons (Fsp3) is 0.667. The van der Waals surface area contributed by atoms with Crippen molar-refractivity contribution in [1.29, 1.82) is 0 Å². The van der Waals surface area contributed by atoms with Gasteiger partial charge in [0.2, 0.25) is 0 Å². The summed E-state index contributed by atoms with van der Waals surface area (Å²) in [5.41, 5.74) is 2.22. The number of unbranched alkanes of at least 4 members (excludes halogenated alkanes) is 1. The molecule has 2 atom stereocenters. The van der Waals surface area contributed by atoms with E-state index in [0.29, 0.717) is 5.92 Å². The van der Waals surface area contributed by atoms with Crippen LogP contribution in [0.15, 0.2) is 12.1 Å². The molecule has 1 amide bonds. The predicted molar refractivity (Wildman–Crippen MR) is 102 cm³/mol. The number of hydrogen-bond donors (Lipinski definition) is 1. The number of nitrogens with one attached hydrogen (secondary N) is 1. The lowest BCUT2D eigenvalue weighted by atomic mass is 9.78. The second-order valence-electron chi connectivity index (χ2n) is 7.50. The van der Waals surface area contributed by atoms with Crippen molar-refractivity contribution in [3.05, 3.63) is 23.3 Å². The van der Waals surface area contributed by atoms with Crippen LogP contribution in [0.2, 0.25) is 0 Å². The topological polar surface area (TPSA) is 47.6 Å². The third-order valence-corrected chi connectivity index (χ3v) is 5.22. The summed E-state index contributed by atoms with van der Waals surface area (Å²) < 4.78 is 11.6. The molecule has 140 valence electrons. The fourth-order valence-electron chi connectivity index (χ4n) is 3.80. The number of carbonyl (C=O) groups is 1. The second kappa shape index (κ2) is 8.70. The molecule has 0 aromatic heterocycles. The highest BCUT2D eigenvalue weighted by molar-refractivity contribution is 5.97. The van der Waals surface area contributed by atoms with E-state index in [0.717, 1.165) is 61.3 Å². The van der Waals surface area contributed by atoms with Crippen LogP contribution in [-0.2, 0) is 9.53 Å². The fourth-order valence-corrected chi connectivity index (χ4v) is 3.80. The summed E-state index contributed by atoms with van der Waals surface area (Å²) in [6.07, 6.45) is 5.93. The van der Waals surface area contributed by atoms with Gasteiger partial charge < -0.3 is 14.8 Å². The normalized spacial score (nSPS) is 23.3. The molecule has 0 saturated heterocycles. The molecule has 0 bridgehead atoms. The molecule has 4 nitrogen and oxygen atoms in total. The summed E-state index contributed by atoms with van der Waals surface area (Å²) in [5.74, 6) is 1.41. The van der Waals surface area contributed by atoms with E-state index in [-0.39, 0.29) is 5.91 Å². The Morgan fingerprint density at radius 3 is 2.56 bits per heavy atom. The van der Waals surface area contributed by atoms with Crippen molar-refractivity contribution >= 4 is 11.6 Å². The van der Waals surface area contributed by atoms with Gasteiger partial charge in [0.05, 0.1) is 6.61 Å². The second-order valence-corrected chi connectivity index (χ2v) is 7.50. The molecule has 0 radical (unpaired) electrons. The lowest BCUT2D eigenvalue weighted by Crippen LogP contribution is -2.47. The zero-order chi connectivity index (χ0) is 18.4. The van der Waals surface area contributed by atoms with Gasteiger partial charge in [0.25, 0.3) is 5.91 Å². The first kappa shape index (κ1) is 19.8. The minimum Gasteiger partial charge on any atom is -0.493 e. The number of methoxy groups -OCH3 is 1. The molecule has 1 N–H and O–H groups in total. The molecule has 1 fully saturated rings. The quantitative estimate of drug-likeness (QED) is 0.705. The van der Waals surface area contributed by atoms with Gasteiger partial charge in [0, 0.05) is 12.8 Å². The summed E-state index contributed by atoms with van der Waals surface area (Å²) in [7, 11) is 1.65. The van der Waals surface area contributed by atoms with Gasteiger partial charge in [-0.25, -0.2) is 0 Å². The highest BCUT2D eigenvalue weighted by Gasteiger charge is 2.42. The molecule has 4 heteroatoms. The van der Waals surface area contributed by atoms with Crippen LogP contribution in [0.25, 0.3) is 0 Å². The molecule has 0 heterocycles. The van der Waals surface area contributed by atoms with Crippen LogP contribution < -0.4 is 10.1 Å². The Balaban J connectivity index is 2.12. The van der Waals surface area contributed by atoms with E-state index in [1.54, 1.807) is 7.11 Å². The summed E-state index contributed by atoms with van der Waals surface area (Å²) in [4.78, 5) is 12.9. The largest absolute Gasteiger partial charge is 0.493 e. The first-order valence-electron chi connectivity index (χ1n) is 9.52. The van der Waals surface area contributed by atoms with Crippen LogP contribution in [0, 0.1) is 19.8 Å². The lowest BCUT2D eigenvalue weighted by Gasteiger charge is -2.37. The zero-order valence-corrected chi connectivity index (χ0v) is 16.4. The molecule has 1 aliphatic carbocycles. The van der Waals surface area contributed by atoms with Gasteiger partial charge in [-0.2, -0.15) is 0 Å². The maximum Gasteiger partial charge on any atom is 0.256 e. The smallest absolute Gasteiger partial charge is 0.256 e. The van der Waals surface area contributed by atoms with E-state index in [4.69, 9.17) is 9.47 Å². The molecular formula is C21H33NO3. The van der Waals surface area contributed by atoms with Crippen LogP contribution in [0.4, 0.5) is 5.69 Å². The van der Waals surface area contributed by atoms with Crippen LogP contribution in [0.3, 0.4) is 0 Å². The molecule has 1 aliphatic rings. The minimum atomic E-state index is -0.699. The predicted octanol–water partition coefficient (Wildman–Crippen LogP) is 5.02. The van der Waals surface area contributed by atoms with Crippen molar-refractivity contribution < 1.29 is 14.3 Å². The first-order valence-corrected chi connectivity index (χ1v) is 9.52. The Morgan fingerprint density at radius 2 is 2.00 bits per heavy atom. The summed E-state index contributed by atoms with van der Waals surface area (Å²) in [6.45, 7) is 9.13. The summed E-state index contributed by atoms with van der Waals surface area (Å²) in [5, 5.41) is 3.08. The SMILES string of the molecule is CCCCOc1c(C)cc(NC(=O)[C@]2(OC)CCC[C@H](C)C2)cc1C. The van der Waals surface area contributed by atoms with Crippen LogP contribution in [0.1, 0.15) is 63.5 Å². The molecule has 0 aliphatic heterocycles. The standard InChI is InChI=1S/C21H33NO3/c1-6-7-11-25-19-16(3)12-18(13-17(19)4)22-20(23)21(24-5)10-8-9-15(2)14-21/h12-13,15H,6-11,14H2,1-5H3,(H,22,23)/t15-,21-/m0/s1. The van der Waals surface area contributed by atoms with Gasteiger partial charge in [0.15, 0.2) is 0 Å². The average Bonchev–Trinajstić information content (AvgIpc) is 2.57. The zero-order valence-electron chi connectivity index (χ0n) is 16.4. The average molecular weight is 347 g/mol. The van der Waals surface area contributed by atoms with Crippen LogP contribution >= 0.6 is 0 Å². The van der Waals surface area contributed by atoms with Crippen LogP contribution in [-0.4, -0.2) is 25.2 Å². The van der Waals surface area contributed by atoms with E-state index in [1.165, 1.54) is 6.42 Å². The van der Waals surface area contributed by atoms with E-state index in [1.807, 2.05) is 26.0 Å². The van der Waals surface area contributed by atoms with Gasteiger partial charge in [0.1, 0.15) is 11.4 Å². The monoisotopic (exact) mass is 347 g/mol. The molecule has 0 spiro atoms. The minimum absolute atomic E-state index is 0.0278. The number of rotatable bonds is 7. The Labute approximate surface area is 152 Å². The lowest BCUT2D eigenvalue weighted by molar-refractivity contribution is -0.143. The summed E-state index contributed by atoms with van der Waals surface area (Å²) >= 11 is 0. The number of amides is 1. The Kier molecular flexibility index (Phi) is 6.88. The highest BCUT2D eigenvalue weighted by atomic mass is 16.5. The third kappa shape index (κ3) is 4.75. The van der Waals surface area contributed by atoms with Crippen molar-refractivity contribution in [1.82, 2.24) is 0 Å². The molecule has 25 heavy (non-hydrogen) atoms. The van der Waals surface area contributed by atoms with E-state index < -0.39 is 5.60 Å². The number of benzene rings is 1. The van der Waals surface area contributed by atoms with Crippen LogP contribution in [0.5, 0.6) is 5.75 Å². The molecule has 2 rings (SSSR count). The van der Waals surface area contributed by atoms with Gasteiger partial charge in [-0.3, -0.25) is 4.79 Å². The Hall–Kier alpha value is -1.55. The van der Waals surface area contributed by atoms with Crippen molar-refractivity contribution in [2.24, 2.45) is 5.92 Å². The van der Waals surface area contributed by atoms with E-state index >= 15 is 0 Å². The number of ether oxygens (including phenoxy) is 2. The Morgan fingerprint density at radius 1 is 1.32 bits per heavy atom. The summed E-state index contributed by atoms with van der Waals surface area (Å²) in [6, 6.07) is 3.98. The number of hydrogen-bond acceptors (Lipinski definition) is 3. The number of anilines is 1. The molecular weight excluding hydrogens is 314 g/mol. The molecule has 0 unspecified atom stereocenters. The highest BCUT2D eigenvalue weighted by Crippen LogP contribution is 2.36. The molecule has 1 aromatic rings.